The molecule has 82 valence electrons. The van der Waals surface area contributed by atoms with Crippen LogP contribution in [0.2, 0.25) is 5.15 Å². The predicted molar refractivity (Wildman–Crippen MR) is 58.4 cm³/mol. The van der Waals surface area contributed by atoms with Crippen molar-refractivity contribution in [2.45, 2.75) is 31.6 Å². The van der Waals surface area contributed by atoms with E-state index in [0.29, 0.717) is 0 Å². The lowest BCUT2D eigenvalue weighted by atomic mass is 9.83. The van der Waals surface area contributed by atoms with Crippen molar-refractivity contribution < 1.29 is 9.90 Å². The number of carboxylic acids is 1. The molecule has 0 bridgehead atoms. The molecule has 1 unspecified atom stereocenters. The van der Waals surface area contributed by atoms with Gasteiger partial charge in [0.05, 0.1) is 6.42 Å². The first kappa shape index (κ1) is 10.6. The number of fused-ring (bicyclic) bond motifs is 1. The van der Waals surface area contributed by atoms with Gasteiger partial charge >= 0.3 is 5.97 Å². The zero-order chi connectivity index (χ0) is 11.0. The molecule has 1 aliphatic rings. The summed E-state index contributed by atoms with van der Waals surface area (Å²) in [5.41, 5.74) is 2.29. The van der Waals surface area contributed by atoms with Gasteiger partial charge in [-0.05, 0) is 36.3 Å². The molecular weight excluding hydrogens is 214 g/mol. The van der Waals surface area contributed by atoms with E-state index in [0.717, 1.165) is 35.5 Å². The quantitative estimate of drug-likeness (QED) is 0.844. The maximum atomic E-state index is 10.7. The topological polar surface area (TPSA) is 42.2 Å². The summed E-state index contributed by atoms with van der Waals surface area (Å²) >= 11 is 6.14. The molecule has 0 radical (unpaired) electrons. The fraction of sp³-hybridized carbons (Fsp3) is 0.545. The van der Waals surface area contributed by atoms with Crippen molar-refractivity contribution in [1.82, 2.24) is 4.57 Å². The molecule has 2 rings (SSSR count). The number of aliphatic carboxylic acids is 1. The van der Waals surface area contributed by atoms with Crippen molar-refractivity contribution in [3.63, 3.8) is 0 Å². The molecule has 15 heavy (non-hydrogen) atoms. The predicted octanol–water partition coefficient (Wildman–Crippen LogP) is 2.57. The fourth-order valence-electron chi connectivity index (χ4n) is 2.38. The average Bonchev–Trinajstić information content (AvgIpc) is 2.45. The normalized spacial score (nSPS) is 20.0. The van der Waals surface area contributed by atoms with Gasteiger partial charge in [0.15, 0.2) is 0 Å². The van der Waals surface area contributed by atoms with Crippen LogP contribution in [-0.4, -0.2) is 15.6 Å². The number of halogens is 1. The summed E-state index contributed by atoms with van der Waals surface area (Å²) < 4.78 is 1.88. The molecule has 0 fully saturated rings. The zero-order valence-electron chi connectivity index (χ0n) is 8.66. The molecule has 0 spiro atoms. The zero-order valence-corrected chi connectivity index (χ0v) is 9.42. The molecule has 1 aromatic rings. The number of carboxylic acid groups (broad SMARTS) is 1. The molecule has 4 heteroatoms. The lowest BCUT2D eigenvalue weighted by molar-refractivity contribution is -0.137. The van der Waals surface area contributed by atoms with Crippen LogP contribution in [0, 0.1) is 0 Å². The molecule has 0 aromatic carbocycles. The molecule has 1 aliphatic carbocycles. The van der Waals surface area contributed by atoms with Crippen LogP contribution in [0.5, 0.6) is 0 Å². The smallest absolute Gasteiger partial charge is 0.303 e. The molecule has 1 N–H and O–H groups in total. The van der Waals surface area contributed by atoms with Crippen molar-refractivity contribution in [1.29, 1.82) is 0 Å². The van der Waals surface area contributed by atoms with E-state index in [4.69, 9.17) is 16.7 Å². The SMILES string of the molecule is Cn1cc2c(c1Cl)CCCC2CC(=O)O. The van der Waals surface area contributed by atoms with Crippen molar-refractivity contribution in [2.75, 3.05) is 0 Å². The lowest BCUT2D eigenvalue weighted by Crippen LogP contribution is -2.11. The summed E-state index contributed by atoms with van der Waals surface area (Å²) in [7, 11) is 1.90. The minimum absolute atomic E-state index is 0.143. The van der Waals surface area contributed by atoms with E-state index >= 15 is 0 Å². The molecule has 0 saturated carbocycles. The van der Waals surface area contributed by atoms with E-state index in [1.54, 1.807) is 0 Å². The molecule has 1 atom stereocenters. The Kier molecular flexibility index (Phi) is 2.74. The maximum absolute atomic E-state index is 10.7. The van der Waals surface area contributed by atoms with Gasteiger partial charge in [-0.25, -0.2) is 0 Å². The van der Waals surface area contributed by atoms with Crippen LogP contribution in [-0.2, 0) is 18.3 Å². The molecule has 0 aliphatic heterocycles. The number of rotatable bonds is 2. The molecule has 1 heterocycles. The first-order valence-electron chi connectivity index (χ1n) is 5.15. The lowest BCUT2D eigenvalue weighted by Gasteiger charge is -2.20. The second-order valence-corrected chi connectivity index (χ2v) is 4.51. The van der Waals surface area contributed by atoms with E-state index < -0.39 is 5.97 Å². The van der Waals surface area contributed by atoms with E-state index in [-0.39, 0.29) is 12.3 Å². The Bertz CT molecular complexity index is 398. The monoisotopic (exact) mass is 227 g/mol. The second kappa shape index (κ2) is 3.89. The highest BCUT2D eigenvalue weighted by Crippen LogP contribution is 2.38. The number of carbonyl (C=O) groups is 1. The summed E-state index contributed by atoms with van der Waals surface area (Å²) in [5.74, 6) is -0.585. The second-order valence-electron chi connectivity index (χ2n) is 4.15. The number of aryl methyl sites for hydroxylation is 1. The summed E-state index contributed by atoms with van der Waals surface area (Å²) in [6.07, 6.45) is 5.16. The van der Waals surface area contributed by atoms with Crippen LogP contribution in [0.4, 0.5) is 0 Å². The Morgan fingerprint density at radius 2 is 2.47 bits per heavy atom. The van der Waals surface area contributed by atoms with Crippen molar-refractivity contribution in [3.8, 4) is 0 Å². The maximum Gasteiger partial charge on any atom is 0.303 e. The standard InChI is InChI=1S/C11H14ClNO2/c1-13-6-9-7(5-10(14)15)3-2-4-8(9)11(13)12/h6-7H,2-5H2,1H3,(H,14,15). The Hall–Kier alpha value is -0.960. The number of nitrogens with zero attached hydrogens (tertiary/aromatic N) is 1. The molecule has 0 amide bonds. The van der Waals surface area contributed by atoms with E-state index in [9.17, 15) is 4.79 Å². The van der Waals surface area contributed by atoms with E-state index in [2.05, 4.69) is 0 Å². The Labute approximate surface area is 93.7 Å². The van der Waals surface area contributed by atoms with Gasteiger partial charge in [0, 0.05) is 13.2 Å². The van der Waals surface area contributed by atoms with Crippen molar-refractivity contribution >= 4 is 17.6 Å². The van der Waals surface area contributed by atoms with Crippen LogP contribution >= 0.6 is 11.6 Å². The van der Waals surface area contributed by atoms with Crippen LogP contribution in [0.3, 0.4) is 0 Å². The van der Waals surface area contributed by atoms with Crippen molar-refractivity contribution in [2.24, 2.45) is 7.05 Å². The Balaban J connectivity index is 2.34. The van der Waals surface area contributed by atoms with Gasteiger partial charge in [-0.2, -0.15) is 0 Å². The Morgan fingerprint density at radius 1 is 1.73 bits per heavy atom. The van der Waals surface area contributed by atoms with Crippen LogP contribution < -0.4 is 0 Å². The fourth-order valence-corrected chi connectivity index (χ4v) is 2.63. The third kappa shape index (κ3) is 1.88. The molecular formula is C11H14ClNO2. The summed E-state index contributed by atoms with van der Waals surface area (Å²) in [6.45, 7) is 0. The molecule has 1 aromatic heterocycles. The van der Waals surface area contributed by atoms with Gasteiger partial charge < -0.3 is 9.67 Å². The minimum atomic E-state index is -0.729. The summed E-state index contributed by atoms with van der Waals surface area (Å²) in [6, 6.07) is 0. The van der Waals surface area contributed by atoms with Gasteiger partial charge in [0.25, 0.3) is 0 Å². The van der Waals surface area contributed by atoms with Crippen LogP contribution in [0.25, 0.3) is 0 Å². The van der Waals surface area contributed by atoms with E-state index in [1.807, 2.05) is 17.8 Å². The van der Waals surface area contributed by atoms with E-state index in [1.165, 1.54) is 0 Å². The molecule has 3 nitrogen and oxygen atoms in total. The van der Waals surface area contributed by atoms with Gasteiger partial charge in [-0.3, -0.25) is 4.79 Å². The minimum Gasteiger partial charge on any atom is -0.481 e. The highest BCUT2D eigenvalue weighted by Gasteiger charge is 2.26. The Morgan fingerprint density at radius 3 is 3.13 bits per heavy atom. The number of hydrogen-bond acceptors (Lipinski definition) is 1. The van der Waals surface area contributed by atoms with Gasteiger partial charge in [-0.15, -0.1) is 0 Å². The average molecular weight is 228 g/mol. The number of hydrogen-bond donors (Lipinski definition) is 1. The summed E-state index contributed by atoms with van der Waals surface area (Å²) in [4.78, 5) is 10.7. The number of aromatic nitrogens is 1. The third-order valence-corrected chi connectivity index (χ3v) is 3.57. The molecule has 0 saturated heterocycles. The first-order chi connectivity index (χ1) is 7.09. The third-order valence-electron chi connectivity index (χ3n) is 3.08. The van der Waals surface area contributed by atoms with Gasteiger partial charge in [0.1, 0.15) is 5.15 Å². The highest BCUT2D eigenvalue weighted by molar-refractivity contribution is 6.30. The first-order valence-corrected chi connectivity index (χ1v) is 5.52. The van der Waals surface area contributed by atoms with Crippen LogP contribution in [0.15, 0.2) is 6.20 Å². The van der Waals surface area contributed by atoms with Crippen LogP contribution in [0.1, 0.15) is 36.3 Å². The highest BCUT2D eigenvalue weighted by atomic mass is 35.5. The largest absolute Gasteiger partial charge is 0.481 e. The van der Waals surface area contributed by atoms with Gasteiger partial charge in [-0.1, -0.05) is 11.6 Å². The van der Waals surface area contributed by atoms with Gasteiger partial charge in [0.2, 0.25) is 0 Å². The van der Waals surface area contributed by atoms with Crippen molar-refractivity contribution in [3.05, 3.63) is 22.5 Å². The summed E-state index contributed by atoms with van der Waals surface area (Å²) in [5, 5.41) is 9.59.